The molecule has 12 nitrogen and oxygen atoms in total. The van der Waals surface area contributed by atoms with Crippen LogP contribution in [-0.4, -0.2) is 99.5 Å². The molecule has 2 fully saturated rings. The molecule has 0 aliphatic carbocycles. The summed E-state index contributed by atoms with van der Waals surface area (Å²) in [5, 5.41) is 2.96. The fourth-order valence-electron chi connectivity index (χ4n) is 6.00. The van der Waals surface area contributed by atoms with Gasteiger partial charge in [-0.2, -0.15) is 8.78 Å². The van der Waals surface area contributed by atoms with Gasteiger partial charge in [-0.05, 0) is 34.6 Å². The number of piperazine rings is 1. The highest BCUT2D eigenvalue weighted by atomic mass is 32.1. The number of thiophene rings is 1. The van der Waals surface area contributed by atoms with E-state index in [0.717, 1.165) is 29.0 Å². The molecule has 3 atom stereocenters. The number of ether oxygens (including phenoxy) is 1. The Kier molecular flexibility index (Phi) is 10.3. The van der Waals surface area contributed by atoms with Gasteiger partial charge in [-0.15, -0.1) is 11.3 Å². The summed E-state index contributed by atoms with van der Waals surface area (Å²) < 4.78 is 46.5. The van der Waals surface area contributed by atoms with Crippen molar-refractivity contribution < 1.29 is 47.0 Å². The van der Waals surface area contributed by atoms with Crippen LogP contribution in [0, 0.1) is 5.41 Å². The molecule has 2 aliphatic heterocycles. The largest absolute Gasteiger partial charge is 0.399 e. The lowest BCUT2D eigenvalue weighted by Gasteiger charge is -2.45. The molecule has 0 saturated carbocycles. The van der Waals surface area contributed by atoms with Gasteiger partial charge in [-0.3, -0.25) is 23.7 Å². The Bertz CT molecular complexity index is 1790. The smallest absolute Gasteiger partial charge is 0.370 e. The monoisotopic (exact) mass is 720 g/mol. The summed E-state index contributed by atoms with van der Waals surface area (Å²) in [5.74, 6) is -1.75. The first-order valence-electron chi connectivity index (χ1n) is 15.7. The topological polar surface area (TPSA) is 157 Å². The minimum atomic E-state index is -5.80. The number of nitrogens with one attached hydrogen (secondary N) is 1. The van der Waals surface area contributed by atoms with Gasteiger partial charge >= 0.3 is 13.3 Å². The second-order valence-electron chi connectivity index (χ2n) is 13.3. The minimum absolute atomic E-state index is 0.0179. The SMILES string of the molecule is CC(=O)N1CCN(C(=O)[C@@H](NC(=O)c2cc3cc(C(F)(F)P(=O)(O)O)ccc3s2)C(C)(C)C)[C@H](C(=O)N2CCO[C@@H](c3ccccc3)C2)C1. The van der Waals surface area contributed by atoms with Gasteiger partial charge in [0.25, 0.3) is 5.91 Å². The number of alkyl halides is 2. The van der Waals surface area contributed by atoms with E-state index in [4.69, 9.17) is 14.5 Å². The molecular weight excluding hydrogens is 681 g/mol. The third-order valence-electron chi connectivity index (χ3n) is 8.78. The Morgan fingerprint density at radius 3 is 2.31 bits per heavy atom. The van der Waals surface area contributed by atoms with Crippen molar-refractivity contribution in [3.63, 3.8) is 0 Å². The molecule has 1 aromatic heterocycles. The summed E-state index contributed by atoms with van der Waals surface area (Å²) >= 11 is 0.965. The van der Waals surface area contributed by atoms with Crippen molar-refractivity contribution in [3.8, 4) is 0 Å². The highest BCUT2D eigenvalue weighted by Gasteiger charge is 2.50. The molecule has 2 aromatic carbocycles. The van der Waals surface area contributed by atoms with E-state index in [9.17, 15) is 32.5 Å². The van der Waals surface area contributed by atoms with Gasteiger partial charge in [-0.25, -0.2) is 0 Å². The van der Waals surface area contributed by atoms with Gasteiger partial charge < -0.3 is 34.5 Å². The van der Waals surface area contributed by atoms with E-state index in [1.807, 2.05) is 30.3 Å². The van der Waals surface area contributed by atoms with Crippen LogP contribution in [-0.2, 0) is 29.3 Å². The van der Waals surface area contributed by atoms with E-state index in [0.29, 0.717) is 11.2 Å². The van der Waals surface area contributed by atoms with Crippen LogP contribution in [0.4, 0.5) is 8.78 Å². The number of rotatable bonds is 7. The summed E-state index contributed by atoms with van der Waals surface area (Å²) in [4.78, 5) is 77.4. The quantitative estimate of drug-likeness (QED) is 0.310. The summed E-state index contributed by atoms with van der Waals surface area (Å²) in [6.07, 6.45) is -0.363. The molecule has 3 aromatic rings. The van der Waals surface area contributed by atoms with Crippen LogP contribution in [0.15, 0.2) is 54.6 Å². The molecule has 0 bridgehead atoms. The molecule has 49 heavy (non-hydrogen) atoms. The Hall–Kier alpha value is -3.75. The fourth-order valence-corrected chi connectivity index (χ4v) is 7.42. The number of carbonyl (C=O) groups excluding carboxylic acids is 4. The third-order valence-corrected chi connectivity index (χ3v) is 10.9. The summed E-state index contributed by atoms with van der Waals surface area (Å²) in [6, 6.07) is 11.7. The number of nitrogens with zero attached hydrogens (tertiary/aromatic N) is 3. The van der Waals surface area contributed by atoms with Crippen LogP contribution in [0.1, 0.15) is 54.6 Å². The number of fused-ring (bicyclic) bond motifs is 1. The van der Waals surface area contributed by atoms with E-state index in [2.05, 4.69) is 5.32 Å². The number of halogens is 2. The second-order valence-corrected chi connectivity index (χ2v) is 16.0. The van der Waals surface area contributed by atoms with Crippen LogP contribution in [0.3, 0.4) is 0 Å². The van der Waals surface area contributed by atoms with Crippen molar-refractivity contribution in [1.82, 2.24) is 20.0 Å². The standard InChI is InChI=1S/C33H39F2N4O8PS/c1-20(40)37-12-13-39(24(18-37)30(42)38-14-15-47-25(19-38)21-8-6-5-7-9-21)31(43)28(32(2,3)4)36-29(41)27-17-22-16-23(10-11-26(22)49-27)33(34,35)48(44,45)46/h5-11,16-17,24-25,28H,12-15,18-19H2,1-4H3,(H,36,41)(H2,44,45,46)/t24-,25+,28+/m0/s1. The first-order valence-corrected chi connectivity index (χ1v) is 18.1. The molecule has 2 saturated heterocycles. The van der Waals surface area contributed by atoms with Crippen LogP contribution in [0.2, 0.25) is 0 Å². The maximum absolute atomic E-state index is 14.4. The van der Waals surface area contributed by atoms with Gasteiger partial charge in [0, 0.05) is 36.8 Å². The Balaban J connectivity index is 1.39. The van der Waals surface area contributed by atoms with E-state index in [1.165, 1.54) is 28.9 Å². The van der Waals surface area contributed by atoms with Gasteiger partial charge in [-0.1, -0.05) is 57.2 Å². The molecule has 5 rings (SSSR count). The molecule has 3 heterocycles. The molecule has 0 radical (unpaired) electrons. The normalized spacial score (nSPS) is 19.9. The maximum atomic E-state index is 14.4. The van der Waals surface area contributed by atoms with Gasteiger partial charge in [0.1, 0.15) is 18.2 Å². The predicted molar refractivity (Wildman–Crippen MR) is 178 cm³/mol. The van der Waals surface area contributed by atoms with Crippen LogP contribution in [0.25, 0.3) is 10.1 Å². The molecule has 16 heteroatoms. The van der Waals surface area contributed by atoms with Crippen LogP contribution in [0.5, 0.6) is 0 Å². The minimum Gasteiger partial charge on any atom is -0.370 e. The van der Waals surface area contributed by atoms with Crippen molar-refractivity contribution in [3.05, 3.63) is 70.6 Å². The van der Waals surface area contributed by atoms with E-state index in [-0.39, 0.29) is 61.0 Å². The van der Waals surface area contributed by atoms with Crippen LogP contribution >= 0.6 is 18.9 Å². The highest BCUT2D eigenvalue weighted by molar-refractivity contribution is 7.52. The number of morpholine rings is 1. The third kappa shape index (κ3) is 7.71. The zero-order chi connectivity index (χ0) is 35.9. The molecular formula is C33H39F2N4O8PS. The van der Waals surface area contributed by atoms with Gasteiger partial charge in [0.05, 0.1) is 24.6 Å². The van der Waals surface area contributed by atoms with Crippen molar-refractivity contribution in [2.45, 2.75) is 51.5 Å². The Labute approximate surface area is 286 Å². The van der Waals surface area contributed by atoms with E-state index >= 15 is 0 Å². The average Bonchev–Trinajstić information content (AvgIpc) is 3.49. The molecule has 3 N–H and O–H groups in total. The van der Waals surface area contributed by atoms with Gasteiger partial charge in [0.15, 0.2) is 0 Å². The predicted octanol–water partition coefficient (Wildman–Crippen LogP) is 3.93. The zero-order valence-electron chi connectivity index (χ0n) is 27.5. The lowest BCUT2D eigenvalue weighted by molar-refractivity contribution is -0.158. The fraction of sp³-hybridized carbons (Fsp3) is 0.455. The summed E-state index contributed by atoms with van der Waals surface area (Å²) in [5.41, 5.74) is -5.24. The van der Waals surface area contributed by atoms with Crippen molar-refractivity contribution >= 4 is 52.6 Å². The average molecular weight is 721 g/mol. The first-order chi connectivity index (χ1) is 22.9. The zero-order valence-corrected chi connectivity index (χ0v) is 29.2. The van der Waals surface area contributed by atoms with Gasteiger partial charge in [0.2, 0.25) is 17.7 Å². The Morgan fingerprint density at radius 1 is 0.980 bits per heavy atom. The van der Waals surface area contributed by atoms with Crippen LogP contribution < -0.4 is 5.32 Å². The molecule has 0 unspecified atom stereocenters. The number of hydrogen-bond acceptors (Lipinski definition) is 7. The molecule has 264 valence electrons. The Morgan fingerprint density at radius 2 is 1.67 bits per heavy atom. The van der Waals surface area contributed by atoms with E-state index in [1.54, 1.807) is 25.7 Å². The first kappa shape index (κ1) is 36.5. The van der Waals surface area contributed by atoms with Crippen molar-refractivity contribution in [2.75, 3.05) is 39.3 Å². The number of carbonyl (C=O) groups is 4. The van der Waals surface area contributed by atoms with E-state index < -0.39 is 48.1 Å². The maximum Gasteiger partial charge on any atom is 0.399 e. The highest BCUT2D eigenvalue weighted by Crippen LogP contribution is 2.59. The lowest BCUT2D eigenvalue weighted by Crippen LogP contribution is -2.66. The molecule has 2 aliphatic rings. The summed E-state index contributed by atoms with van der Waals surface area (Å²) in [6.45, 7) is 7.76. The number of amides is 4. The molecule has 0 spiro atoms. The summed E-state index contributed by atoms with van der Waals surface area (Å²) in [7, 11) is -5.80. The van der Waals surface area contributed by atoms with Crippen molar-refractivity contribution in [1.29, 1.82) is 0 Å². The molecule has 4 amide bonds. The number of hydrogen-bond donors (Lipinski definition) is 3. The van der Waals surface area contributed by atoms with Crippen molar-refractivity contribution in [2.24, 2.45) is 5.41 Å². The second kappa shape index (κ2) is 13.9. The number of benzene rings is 2. The lowest BCUT2D eigenvalue weighted by atomic mass is 9.85.